The maximum Gasteiger partial charge on any atom is 0.422 e. The van der Waals surface area contributed by atoms with E-state index in [-0.39, 0.29) is 42.3 Å². The minimum atomic E-state index is -4.57. The van der Waals surface area contributed by atoms with Crippen LogP contribution in [0.4, 0.5) is 18.9 Å². The van der Waals surface area contributed by atoms with Crippen molar-refractivity contribution in [2.75, 3.05) is 19.7 Å². The number of halogens is 3. The Hall–Kier alpha value is -2.85. The third kappa shape index (κ3) is 6.33. The highest BCUT2D eigenvalue weighted by Gasteiger charge is 2.32. The van der Waals surface area contributed by atoms with Gasteiger partial charge in [-0.1, -0.05) is 19.3 Å². The third-order valence-electron chi connectivity index (χ3n) is 5.90. The molecule has 1 saturated heterocycles. The van der Waals surface area contributed by atoms with Crippen molar-refractivity contribution in [3.05, 3.63) is 33.9 Å². The number of carbonyl (C=O) groups is 2. The lowest BCUT2D eigenvalue weighted by molar-refractivity contribution is -0.385. The van der Waals surface area contributed by atoms with Crippen molar-refractivity contribution in [3.8, 4) is 5.75 Å². The van der Waals surface area contributed by atoms with Crippen molar-refractivity contribution >= 4 is 17.5 Å². The molecular weight excluding hydrogens is 431 g/mol. The normalized spacial score (nSPS) is 18.3. The molecule has 1 aromatic rings. The molecule has 1 saturated carbocycles. The number of alkyl halides is 3. The van der Waals surface area contributed by atoms with Gasteiger partial charge < -0.3 is 15.0 Å². The van der Waals surface area contributed by atoms with E-state index in [4.69, 9.17) is 0 Å². The van der Waals surface area contributed by atoms with E-state index in [0.717, 1.165) is 50.3 Å². The summed E-state index contributed by atoms with van der Waals surface area (Å²) in [6, 6.07) is 2.90. The van der Waals surface area contributed by atoms with E-state index >= 15 is 0 Å². The van der Waals surface area contributed by atoms with Crippen molar-refractivity contribution < 1.29 is 32.4 Å². The summed E-state index contributed by atoms with van der Waals surface area (Å²) >= 11 is 0. The minimum Gasteiger partial charge on any atom is -0.484 e. The molecule has 2 aliphatic rings. The van der Waals surface area contributed by atoms with E-state index in [1.165, 1.54) is 4.90 Å². The number of benzene rings is 1. The Kier molecular flexibility index (Phi) is 7.57. The maximum absolute atomic E-state index is 12.9. The van der Waals surface area contributed by atoms with E-state index in [1.807, 2.05) is 0 Å². The first kappa shape index (κ1) is 23.8. The van der Waals surface area contributed by atoms with E-state index in [1.54, 1.807) is 0 Å². The molecule has 32 heavy (non-hydrogen) atoms. The van der Waals surface area contributed by atoms with Gasteiger partial charge in [0.05, 0.1) is 4.92 Å². The summed E-state index contributed by atoms with van der Waals surface area (Å²) in [4.78, 5) is 37.3. The van der Waals surface area contributed by atoms with Gasteiger partial charge in [-0.2, -0.15) is 13.2 Å². The number of carbonyl (C=O) groups excluding carboxylic acids is 2. The lowest BCUT2D eigenvalue weighted by Crippen LogP contribution is -2.48. The number of amides is 2. The monoisotopic (exact) mass is 457 g/mol. The fourth-order valence-corrected chi connectivity index (χ4v) is 4.18. The number of rotatable bonds is 6. The zero-order valence-corrected chi connectivity index (χ0v) is 17.5. The van der Waals surface area contributed by atoms with Crippen LogP contribution < -0.4 is 10.1 Å². The molecule has 1 aliphatic heterocycles. The first-order chi connectivity index (χ1) is 15.1. The van der Waals surface area contributed by atoms with Crippen LogP contribution in [-0.2, 0) is 4.79 Å². The molecule has 0 aromatic heterocycles. The molecule has 1 N–H and O–H groups in total. The van der Waals surface area contributed by atoms with Crippen LogP contribution in [0.1, 0.15) is 55.3 Å². The molecule has 2 fully saturated rings. The second-order valence-electron chi connectivity index (χ2n) is 8.25. The smallest absolute Gasteiger partial charge is 0.422 e. The highest BCUT2D eigenvalue weighted by atomic mass is 19.4. The lowest BCUT2D eigenvalue weighted by atomic mass is 9.88. The Morgan fingerprint density at radius 2 is 1.78 bits per heavy atom. The number of hydrogen-bond donors (Lipinski definition) is 1. The molecule has 2 amide bonds. The summed E-state index contributed by atoms with van der Waals surface area (Å²) in [5.74, 6) is -0.845. The topological polar surface area (TPSA) is 102 Å². The first-order valence-corrected chi connectivity index (χ1v) is 10.7. The molecule has 176 valence electrons. The highest BCUT2D eigenvalue weighted by Crippen LogP contribution is 2.28. The third-order valence-corrected chi connectivity index (χ3v) is 5.90. The molecule has 8 nitrogen and oxygen atoms in total. The van der Waals surface area contributed by atoms with Crippen LogP contribution in [-0.4, -0.2) is 53.6 Å². The zero-order valence-electron chi connectivity index (χ0n) is 17.5. The van der Waals surface area contributed by atoms with E-state index in [9.17, 15) is 32.9 Å². The Labute approximate surface area is 183 Å². The molecule has 0 radical (unpaired) electrons. The second-order valence-corrected chi connectivity index (χ2v) is 8.25. The summed E-state index contributed by atoms with van der Waals surface area (Å²) in [7, 11) is 0. The quantitative estimate of drug-likeness (QED) is 0.517. The Morgan fingerprint density at radius 1 is 1.12 bits per heavy atom. The average molecular weight is 457 g/mol. The van der Waals surface area contributed by atoms with Crippen LogP contribution >= 0.6 is 0 Å². The fourth-order valence-electron chi connectivity index (χ4n) is 4.18. The molecule has 0 atom stereocenters. The standard InChI is InChI=1S/C21H26F3N3O5/c22-21(23,24)13-32-16-6-7-18(27(30)31)17(12-16)20(29)26-10-8-15(9-11-26)25-19(28)14-4-2-1-3-5-14/h6-7,12,14-15H,1-5,8-11,13H2,(H,25,28). The van der Waals surface area contributed by atoms with Gasteiger partial charge in [0.1, 0.15) is 11.3 Å². The van der Waals surface area contributed by atoms with E-state index < -0.39 is 29.3 Å². The molecule has 1 aliphatic carbocycles. The Balaban J connectivity index is 1.62. The number of nitrogens with zero attached hydrogens (tertiary/aromatic N) is 2. The molecule has 0 bridgehead atoms. The van der Waals surface area contributed by atoms with Crippen molar-refractivity contribution in [1.29, 1.82) is 0 Å². The molecule has 0 spiro atoms. The van der Waals surface area contributed by atoms with E-state index in [2.05, 4.69) is 10.1 Å². The molecule has 3 rings (SSSR count). The van der Waals surface area contributed by atoms with E-state index in [0.29, 0.717) is 12.8 Å². The van der Waals surface area contributed by atoms with Gasteiger partial charge in [-0.3, -0.25) is 19.7 Å². The van der Waals surface area contributed by atoms with Crippen molar-refractivity contribution in [3.63, 3.8) is 0 Å². The predicted molar refractivity (Wildman–Crippen MR) is 108 cm³/mol. The van der Waals surface area contributed by atoms with Crippen molar-refractivity contribution in [2.24, 2.45) is 5.92 Å². The number of nitrogens with one attached hydrogen (secondary N) is 1. The van der Waals surface area contributed by atoms with Crippen molar-refractivity contribution in [2.45, 2.75) is 57.2 Å². The van der Waals surface area contributed by atoms with Gasteiger partial charge in [0.15, 0.2) is 6.61 Å². The van der Waals surface area contributed by atoms with Crippen LogP contribution in [0.3, 0.4) is 0 Å². The molecule has 11 heteroatoms. The summed E-state index contributed by atoms with van der Waals surface area (Å²) in [5.41, 5.74) is -0.818. The van der Waals surface area contributed by atoms with Gasteiger partial charge in [0.25, 0.3) is 11.6 Å². The summed E-state index contributed by atoms with van der Waals surface area (Å²) in [5, 5.41) is 14.4. The van der Waals surface area contributed by atoms with Gasteiger partial charge in [-0.25, -0.2) is 0 Å². The SMILES string of the molecule is O=C(NC1CCN(C(=O)c2cc(OCC(F)(F)F)ccc2[N+](=O)[O-])CC1)C1CCCCC1. The van der Waals surface area contributed by atoms with Crippen LogP contribution in [0.15, 0.2) is 18.2 Å². The van der Waals surface area contributed by atoms with Gasteiger partial charge in [0, 0.05) is 31.1 Å². The number of hydrogen-bond acceptors (Lipinski definition) is 5. The van der Waals surface area contributed by atoms with Gasteiger partial charge in [-0.05, 0) is 37.8 Å². The molecule has 1 heterocycles. The number of nitro groups is 1. The van der Waals surface area contributed by atoms with Gasteiger partial charge in [-0.15, -0.1) is 0 Å². The average Bonchev–Trinajstić information content (AvgIpc) is 2.77. The number of piperidine rings is 1. The van der Waals surface area contributed by atoms with Crippen LogP contribution in [0.5, 0.6) is 5.75 Å². The Morgan fingerprint density at radius 3 is 2.38 bits per heavy atom. The maximum atomic E-state index is 12.9. The zero-order chi connectivity index (χ0) is 23.3. The predicted octanol–water partition coefficient (Wildman–Crippen LogP) is 3.84. The minimum absolute atomic E-state index is 0.0329. The molecule has 1 aromatic carbocycles. The van der Waals surface area contributed by atoms with Crippen molar-refractivity contribution in [1.82, 2.24) is 10.2 Å². The number of ether oxygens (including phenoxy) is 1. The largest absolute Gasteiger partial charge is 0.484 e. The summed E-state index contributed by atoms with van der Waals surface area (Å²) in [6.45, 7) is -1.01. The highest BCUT2D eigenvalue weighted by molar-refractivity contribution is 5.98. The fraction of sp³-hybridized carbons (Fsp3) is 0.619. The summed E-state index contributed by atoms with van der Waals surface area (Å²) < 4.78 is 41.9. The van der Waals surface area contributed by atoms with Gasteiger partial charge in [0.2, 0.25) is 5.91 Å². The Bertz CT molecular complexity index is 848. The van der Waals surface area contributed by atoms with Gasteiger partial charge >= 0.3 is 6.18 Å². The van der Waals surface area contributed by atoms with Crippen LogP contribution in [0, 0.1) is 16.0 Å². The first-order valence-electron chi connectivity index (χ1n) is 10.7. The molecule has 0 unspecified atom stereocenters. The lowest BCUT2D eigenvalue weighted by Gasteiger charge is -2.33. The number of likely N-dealkylation sites (tertiary alicyclic amines) is 1. The van der Waals surface area contributed by atoms with Crippen LogP contribution in [0.25, 0.3) is 0 Å². The van der Waals surface area contributed by atoms with Crippen LogP contribution in [0.2, 0.25) is 0 Å². The molecular formula is C21H26F3N3O5. The number of nitro benzene ring substituents is 1. The summed E-state index contributed by atoms with van der Waals surface area (Å²) in [6.07, 6.45) is 1.46. The second kappa shape index (κ2) is 10.2.